The Bertz CT molecular complexity index is 714. The van der Waals surface area contributed by atoms with Crippen LogP contribution in [0.5, 0.6) is 5.75 Å². The number of amides is 2. The second-order valence-corrected chi connectivity index (χ2v) is 5.40. The fourth-order valence-electron chi connectivity index (χ4n) is 2.00. The minimum absolute atomic E-state index is 0.0686. The molecule has 0 unspecified atom stereocenters. The Morgan fingerprint density at radius 1 is 1.08 bits per heavy atom. The maximum atomic E-state index is 13.5. The average molecular weight is 330 g/mol. The van der Waals surface area contributed by atoms with Gasteiger partial charge < -0.3 is 15.4 Å². The lowest BCUT2D eigenvalue weighted by Crippen LogP contribution is -2.33. The summed E-state index contributed by atoms with van der Waals surface area (Å²) in [4.78, 5) is 23.7. The van der Waals surface area contributed by atoms with E-state index >= 15 is 0 Å². The van der Waals surface area contributed by atoms with Gasteiger partial charge in [-0.15, -0.1) is 0 Å². The zero-order valence-electron chi connectivity index (χ0n) is 13.5. The van der Waals surface area contributed by atoms with Crippen LogP contribution < -0.4 is 15.4 Å². The number of benzene rings is 2. The summed E-state index contributed by atoms with van der Waals surface area (Å²) in [6, 6.07) is 12.5. The normalized spacial score (nSPS) is 10.3. The van der Waals surface area contributed by atoms with Crippen LogP contribution >= 0.6 is 0 Å². The quantitative estimate of drug-likeness (QED) is 0.856. The molecule has 0 radical (unpaired) electrons. The third-order valence-corrected chi connectivity index (χ3v) is 3.04. The third kappa shape index (κ3) is 5.08. The van der Waals surface area contributed by atoms with Gasteiger partial charge in [-0.1, -0.05) is 12.1 Å². The second kappa shape index (κ2) is 8.10. The molecular formula is C18H19FN2O3. The molecule has 6 heteroatoms. The van der Waals surface area contributed by atoms with Crippen molar-refractivity contribution in [1.82, 2.24) is 5.32 Å². The molecule has 0 heterocycles. The molecule has 0 bridgehead atoms. The zero-order chi connectivity index (χ0) is 17.5. The smallest absolute Gasteiger partial charge is 0.254 e. The molecule has 0 aliphatic carbocycles. The summed E-state index contributed by atoms with van der Waals surface area (Å²) in [6.45, 7) is 3.60. The fraction of sp³-hybridized carbons (Fsp3) is 0.222. The van der Waals surface area contributed by atoms with Crippen LogP contribution in [0.1, 0.15) is 24.2 Å². The molecule has 0 atom stereocenters. The topological polar surface area (TPSA) is 67.4 Å². The number of hydrogen-bond donors (Lipinski definition) is 2. The van der Waals surface area contributed by atoms with E-state index in [1.165, 1.54) is 18.2 Å². The Labute approximate surface area is 139 Å². The van der Waals surface area contributed by atoms with E-state index in [9.17, 15) is 14.0 Å². The molecule has 2 aromatic carbocycles. The standard InChI is InChI=1S/C18H19FN2O3/c1-12(2)24-14-9-7-13(8-10-14)21-17(22)11-20-18(23)15-5-3-4-6-16(15)19/h3-10,12H,11H2,1-2H3,(H,20,23)(H,21,22). The largest absolute Gasteiger partial charge is 0.491 e. The van der Waals surface area contributed by atoms with Gasteiger partial charge in [0.1, 0.15) is 11.6 Å². The summed E-state index contributed by atoms with van der Waals surface area (Å²) in [5, 5.41) is 5.02. The van der Waals surface area contributed by atoms with Gasteiger partial charge in [-0.25, -0.2) is 4.39 Å². The number of rotatable bonds is 6. The Morgan fingerprint density at radius 3 is 2.38 bits per heavy atom. The molecule has 5 nitrogen and oxygen atoms in total. The number of nitrogens with one attached hydrogen (secondary N) is 2. The molecule has 2 rings (SSSR count). The molecule has 126 valence electrons. The maximum Gasteiger partial charge on any atom is 0.254 e. The van der Waals surface area contributed by atoms with Crippen molar-refractivity contribution < 1.29 is 18.7 Å². The summed E-state index contributed by atoms with van der Waals surface area (Å²) in [5.41, 5.74) is 0.483. The van der Waals surface area contributed by atoms with Gasteiger partial charge in [-0.05, 0) is 50.2 Å². The Kier molecular flexibility index (Phi) is 5.89. The van der Waals surface area contributed by atoms with Gasteiger partial charge >= 0.3 is 0 Å². The van der Waals surface area contributed by atoms with E-state index in [0.717, 1.165) is 0 Å². The number of halogens is 1. The van der Waals surface area contributed by atoms with Crippen molar-refractivity contribution in [3.63, 3.8) is 0 Å². The highest BCUT2D eigenvalue weighted by molar-refractivity contribution is 5.99. The lowest BCUT2D eigenvalue weighted by molar-refractivity contribution is -0.115. The van der Waals surface area contributed by atoms with Crippen LogP contribution in [0.4, 0.5) is 10.1 Å². The molecule has 2 N–H and O–H groups in total. The fourth-order valence-corrected chi connectivity index (χ4v) is 2.00. The van der Waals surface area contributed by atoms with E-state index in [0.29, 0.717) is 11.4 Å². The van der Waals surface area contributed by atoms with Gasteiger partial charge in [0, 0.05) is 5.69 Å². The first-order chi connectivity index (χ1) is 11.5. The highest BCUT2D eigenvalue weighted by Crippen LogP contribution is 2.16. The van der Waals surface area contributed by atoms with Crippen LogP contribution in [0.25, 0.3) is 0 Å². The van der Waals surface area contributed by atoms with Crippen molar-refractivity contribution in [3.8, 4) is 5.75 Å². The lowest BCUT2D eigenvalue weighted by Gasteiger charge is -2.11. The summed E-state index contributed by atoms with van der Waals surface area (Å²) in [7, 11) is 0. The molecule has 2 aromatic rings. The first kappa shape index (κ1) is 17.5. The highest BCUT2D eigenvalue weighted by atomic mass is 19.1. The number of anilines is 1. The molecule has 0 saturated heterocycles. The number of hydrogen-bond acceptors (Lipinski definition) is 3. The van der Waals surface area contributed by atoms with E-state index < -0.39 is 17.6 Å². The van der Waals surface area contributed by atoms with Crippen molar-refractivity contribution in [3.05, 3.63) is 59.9 Å². The van der Waals surface area contributed by atoms with Crippen LogP contribution in [0.2, 0.25) is 0 Å². The van der Waals surface area contributed by atoms with Gasteiger partial charge in [0.25, 0.3) is 5.91 Å². The third-order valence-electron chi connectivity index (χ3n) is 3.04. The van der Waals surface area contributed by atoms with Crippen molar-refractivity contribution in [2.45, 2.75) is 20.0 Å². The van der Waals surface area contributed by atoms with Crippen molar-refractivity contribution in [1.29, 1.82) is 0 Å². The summed E-state index contributed by atoms with van der Waals surface area (Å²) < 4.78 is 19.0. The van der Waals surface area contributed by atoms with Gasteiger partial charge in [0.15, 0.2) is 0 Å². The van der Waals surface area contributed by atoms with Gasteiger partial charge in [-0.2, -0.15) is 0 Å². The second-order valence-electron chi connectivity index (χ2n) is 5.40. The summed E-state index contributed by atoms with van der Waals surface area (Å²) >= 11 is 0. The monoisotopic (exact) mass is 330 g/mol. The lowest BCUT2D eigenvalue weighted by atomic mass is 10.2. The molecule has 2 amide bonds. The van der Waals surface area contributed by atoms with E-state index in [2.05, 4.69) is 10.6 Å². The number of carbonyl (C=O) groups is 2. The average Bonchev–Trinajstić information content (AvgIpc) is 2.54. The van der Waals surface area contributed by atoms with Crippen molar-refractivity contribution >= 4 is 17.5 Å². The van der Waals surface area contributed by atoms with Crippen LogP contribution in [0.3, 0.4) is 0 Å². The molecule has 0 fully saturated rings. The molecule has 0 aliphatic rings. The minimum atomic E-state index is -0.635. The Hall–Kier alpha value is -2.89. The minimum Gasteiger partial charge on any atom is -0.491 e. The van der Waals surface area contributed by atoms with Crippen LogP contribution in [0.15, 0.2) is 48.5 Å². The predicted octanol–water partition coefficient (Wildman–Crippen LogP) is 2.98. The molecule has 0 saturated carbocycles. The first-order valence-corrected chi connectivity index (χ1v) is 7.55. The van der Waals surface area contributed by atoms with Gasteiger partial charge in [-0.3, -0.25) is 9.59 Å². The number of ether oxygens (including phenoxy) is 1. The van der Waals surface area contributed by atoms with Crippen LogP contribution in [-0.2, 0) is 4.79 Å². The Balaban J connectivity index is 1.85. The summed E-state index contributed by atoms with van der Waals surface area (Å²) in [6.07, 6.45) is 0.0686. The van der Waals surface area contributed by atoms with E-state index in [4.69, 9.17) is 4.74 Å². The van der Waals surface area contributed by atoms with Crippen molar-refractivity contribution in [2.24, 2.45) is 0 Å². The maximum absolute atomic E-state index is 13.5. The molecule has 0 aromatic heterocycles. The number of carbonyl (C=O) groups excluding carboxylic acids is 2. The predicted molar refractivity (Wildman–Crippen MR) is 89.6 cm³/mol. The molecule has 0 aliphatic heterocycles. The highest BCUT2D eigenvalue weighted by Gasteiger charge is 2.12. The zero-order valence-corrected chi connectivity index (χ0v) is 13.5. The van der Waals surface area contributed by atoms with E-state index in [-0.39, 0.29) is 18.2 Å². The van der Waals surface area contributed by atoms with Gasteiger partial charge in [0.2, 0.25) is 5.91 Å². The van der Waals surface area contributed by atoms with E-state index in [1.54, 1.807) is 30.3 Å². The van der Waals surface area contributed by atoms with Crippen LogP contribution in [-0.4, -0.2) is 24.5 Å². The van der Waals surface area contributed by atoms with Crippen LogP contribution in [0, 0.1) is 5.82 Å². The van der Waals surface area contributed by atoms with E-state index in [1.807, 2.05) is 13.8 Å². The summed E-state index contributed by atoms with van der Waals surface area (Å²) in [5.74, 6) is -0.965. The first-order valence-electron chi connectivity index (χ1n) is 7.55. The molecule has 0 spiro atoms. The van der Waals surface area contributed by atoms with Gasteiger partial charge in [0.05, 0.1) is 18.2 Å². The molecular weight excluding hydrogens is 311 g/mol. The SMILES string of the molecule is CC(C)Oc1ccc(NC(=O)CNC(=O)c2ccccc2F)cc1. The Morgan fingerprint density at radius 2 is 1.75 bits per heavy atom. The molecule has 24 heavy (non-hydrogen) atoms. The van der Waals surface area contributed by atoms with Crippen molar-refractivity contribution in [2.75, 3.05) is 11.9 Å².